The minimum Gasteiger partial charge on any atom is -0.314 e. The minimum atomic E-state index is 0.532. The van der Waals surface area contributed by atoms with Gasteiger partial charge in [-0.25, -0.2) is 0 Å². The van der Waals surface area contributed by atoms with Crippen molar-refractivity contribution in [3.63, 3.8) is 0 Å². The van der Waals surface area contributed by atoms with E-state index in [1.807, 2.05) is 12.1 Å². The zero-order chi connectivity index (χ0) is 15.2. The molecule has 1 saturated heterocycles. The van der Waals surface area contributed by atoms with Gasteiger partial charge in [-0.1, -0.05) is 44.5 Å². The highest BCUT2D eigenvalue weighted by molar-refractivity contribution is 6.30. The van der Waals surface area contributed by atoms with Crippen molar-refractivity contribution in [2.45, 2.75) is 52.1 Å². The van der Waals surface area contributed by atoms with Crippen LogP contribution in [0.1, 0.15) is 51.6 Å². The summed E-state index contributed by atoms with van der Waals surface area (Å²) in [4.78, 5) is 2.67. The predicted octanol–water partition coefficient (Wildman–Crippen LogP) is 4.50. The number of halogens is 1. The Morgan fingerprint density at radius 1 is 1.29 bits per heavy atom. The molecule has 0 aromatic heterocycles. The van der Waals surface area contributed by atoms with Crippen LogP contribution in [0.5, 0.6) is 0 Å². The molecule has 2 nitrogen and oxygen atoms in total. The van der Waals surface area contributed by atoms with Gasteiger partial charge in [0, 0.05) is 23.7 Å². The molecule has 1 aliphatic rings. The molecule has 2 unspecified atom stereocenters. The number of nitrogens with one attached hydrogen (secondary N) is 1. The molecule has 1 aliphatic heterocycles. The summed E-state index contributed by atoms with van der Waals surface area (Å²) in [7, 11) is 0. The third-order valence-corrected chi connectivity index (χ3v) is 4.70. The lowest BCUT2D eigenvalue weighted by Crippen LogP contribution is -2.42. The zero-order valence-electron chi connectivity index (χ0n) is 13.6. The molecule has 0 saturated carbocycles. The number of benzene rings is 1. The van der Waals surface area contributed by atoms with Gasteiger partial charge in [0.15, 0.2) is 0 Å². The van der Waals surface area contributed by atoms with Crippen molar-refractivity contribution in [2.75, 3.05) is 19.6 Å². The van der Waals surface area contributed by atoms with E-state index in [9.17, 15) is 0 Å². The zero-order valence-corrected chi connectivity index (χ0v) is 14.4. The number of nitrogens with zero attached hydrogens (tertiary/aromatic N) is 1. The predicted molar refractivity (Wildman–Crippen MR) is 91.9 cm³/mol. The van der Waals surface area contributed by atoms with Gasteiger partial charge in [-0.05, 0) is 56.0 Å². The van der Waals surface area contributed by atoms with Gasteiger partial charge in [0.1, 0.15) is 0 Å². The summed E-state index contributed by atoms with van der Waals surface area (Å²) in [6, 6.07) is 9.52. The molecule has 0 aliphatic carbocycles. The smallest absolute Gasteiger partial charge is 0.0406 e. The average Bonchev–Trinajstić information content (AvgIpc) is 2.48. The Kier molecular flexibility index (Phi) is 6.53. The van der Waals surface area contributed by atoms with Crippen LogP contribution in [-0.2, 0) is 0 Å². The SMILES string of the molecule is CCC(c1ccc(Cl)cc1)N1CCCC(CNC(C)C)C1. The van der Waals surface area contributed by atoms with Crippen molar-refractivity contribution in [1.82, 2.24) is 10.2 Å². The summed E-state index contributed by atoms with van der Waals surface area (Å²) in [5.74, 6) is 0.780. The fraction of sp³-hybridized carbons (Fsp3) is 0.667. The highest BCUT2D eigenvalue weighted by Crippen LogP contribution is 2.29. The van der Waals surface area contributed by atoms with Gasteiger partial charge in [0.05, 0.1) is 0 Å². The first-order valence-corrected chi connectivity index (χ1v) is 8.70. The topological polar surface area (TPSA) is 15.3 Å². The molecule has 0 amide bonds. The second kappa shape index (κ2) is 8.17. The third-order valence-electron chi connectivity index (χ3n) is 4.45. The Bertz CT molecular complexity index is 416. The van der Waals surface area contributed by atoms with Crippen molar-refractivity contribution < 1.29 is 0 Å². The summed E-state index contributed by atoms with van der Waals surface area (Å²) in [5, 5.41) is 4.42. The van der Waals surface area contributed by atoms with Crippen molar-refractivity contribution in [3.8, 4) is 0 Å². The molecule has 0 bridgehead atoms. The molecule has 1 aromatic rings. The number of hydrogen-bond acceptors (Lipinski definition) is 2. The summed E-state index contributed by atoms with van der Waals surface area (Å²) in [6.07, 6.45) is 3.83. The van der Waals surface area contributed by atoms with Crippen molar-refractivity contribution in [3.05, 3.63) is 34.9 Å². The van der Waals surface area contributed by atoms with Gasteiger partial charge in [-0.3, -0.25) is 4.90 Å². The maximum Gasteiger partial charge on any atom is 0.0406 e. The molecule has 118 valence electrons. The third kappa shape index (κ3) is 4.98. The van der Waals surface area contributed by atoms with Crippen LogP contribution in [0.4, 0.5) is 0 Å². The Hall–Kier alpha value is -0.570. The van der Waals surface area contributed by atoms with Gasteiger partial charge in [-0.2, -0.15) is 0 Å². The van der Waals surface area contributed by atoms with Gasteiger partial charge in [0.25, 0.3) is 0 Å². The van der Waals surface area contributed by atoms with Gasteiger partial charge < -0.3 is 5.32 Å². The number of rotatable bonds is 6. The first-order chi connectivity index (χ1) is 10.1. The molecular formula is C18H29ClN2. The second-order valence-electron chi connectivity index (χ2n) is 6.54. The van der Waals surface area contributed by atoms with Crippen LogP contribution in [0.2, 0.25) is 5.02 Å². The van der Waals surface area contributed by atoms with Crippen LogP contribution >= 0.6 is 11.6 Å². The normalized spacial score (nSPS) is 21.7. The molecule has 1 fully saturated rings. The summed E-state index contributed by atoms with van der Waals surface area (Å²) in [6.45, 7) is 10.3. The molecule has 1 N–H and O–H groups in total. The van der Waals surface area contributed by atoms with E-state index in [0.29, 0.717) is 12.1 Å². The van der Waals surface area contributed by atoms with Crippen LogP contribution in [0, 0.1) is 5.92 Å². The minimum absolute atomic E-state index is 0.532. The summed E-state index contributed by atoms with van der Waals surface area (Å²) in [5.41, 5.74) is 1.40. The standard InChI is InChI=1S/C18H29ClN2/c1-4-18(16-7-9-17(19)10-8-16)21-11-5-6-15(13-21)12-20-14(2)3/h7-10,14-15,18,20H,4-6,11-13H2,1-3H3. The Morgan fingerprint density at radius 2 is 2.00 bits per heavy atom. The highest BCUT2D eigenvalue weighted by Gasteiger charge is 2.25. The molecule has 2 atom stereocenters. The largest absolute Gasteiger partial charge is 0.314 e. The van der Waals surface area contributed by atoms with Gasteiger partial charge in [0.2, 0.25) is 0 Å². The van der Waals surface area contributed by atoms with Gasteiger partial charge in [-0.15, -0.1) is 0 Å². The number of hydrogen-bond donors (Lipinski definition) is 1. The van der Waals surface area contributed by atoms with Crippen LogP contribution in [0.15, 0.2) is 24.3 Å². The van der Waals surface area contributed by atoms with Crippen LogP contribution in [0.3, 0.4) is 0 Å². The van der Waals surface area contributed by atoms with E-state index in [-0.39, 0.29) is 0 Å². The molecular weight excluding hydrogens is 280 g/mol. The maximum atomic E-state index is 6.02. The van der Waals surface area contributed by atoms with Crippen molar-refractivity contribution in [1.29, 1.82) is 0 Å². The molecule has 1 heterocycles. The first-order valence-electron chi connectivity index (χ1n) is 8.33. The fourth-order valence-corrected chi connectivity index (χ4v) is 3.46. The lowest BCUT2D eigenvalue weighted by atomic mass is 9.93. The quantitative estimate of drug-likeness (QED) is 0.832. The highest BCUT2D eigenvalue weighted by atomic mass is 35.5. The van der Waals surface area contributed by atoms with Crippen molar-refractivity contribution >= 4 is 11.6 Å². The Balaban J connectivity index is 1.99. The van der Waals surface area contributed by atoms with E-state index in [4.69, 9.17) is 11.6 Å². The average molecular weight is 309 g/mol. The number of likely N-dealkylation sites (tertiary alicyclic amines) is 1. The first kappa shape index (κ1) is 16.8. The summed E-state index contributed by atoms with van der Waals surface area (Å²) >= 11 is 6.02. The van der Waals surface area contributed by atoms with E-state index in [0.717, 1.165) is 23.9 Å². The molecule has 0 spiro atoms. The van der Waals surface area contributed by atoms with E-state index in [2.05, 4.69) is 43.1 Å². The Labute approximate surface area is 134 Å². The molecule has 21 heavy (non-hydrogen) atoms. The second-order valence-corrected chi connectivity index (χ2v) is 6.98. The van der Waals surface area contributed by atoms with E-state index in [1.54, 1.807) is 0 Å². The fourth-order valence-electron chi connectivity index (χ4n) is 3.34. The van der Waals surface area contributed by atoms with Crippen LogP contribution in [-0.4, -0.2) is 30.6 Å². The van der Waals surface area contributed by atoms with Crippen LogP contribution < -0.4 is 5.32 Å². The lowest BCUT2D eigenvalue weighted by Gasteiger charge is -2.38. The van der Waals surface area contributed by atoms with Crippen LogP contribution in [0.25, 0.3) is 0 Å². The molecule has 1 aromatic carbocycles. The maximum absolute atomic E-state index is 6.02. The monoisotopic (exact) mass is 308 g/mol. The summed E-state index contributed by atoms with van der Waals surface area (Å²) < 4.78 is 0. The molecule has 2 rings (SSSR count). The van der Waals surface area contributed by atoms with E-state index in [1.165, 1.54) is 31.5 Å². The molecule has 0 radical (unpaired) electrons. The molecule has 3 heteroatoms. The van der Waals surface area contributed by atoms with Gasteiger partial charge >= 0.3 is 0 Å². The van der Waals surface area contributed by atoms with E-state index >= 15 is 0 Å². The number of piperidine rings is 1. The Morgan fingerprint density at radius 3 is 2.62 bits per heavy atom. The van der Waals surface area contributed by atoms with E-state index < -0.39 is 0 Å². The van der Waals surface area contributed by atoms with Crippen molar-refractivity contribution in [2.24, 2.45) is 5.92 Å². The lowest BCUT2D eigenvalue weighted by molar-refractivity contribution is 0.118.